The van der Waals surface area contributed by atoms with Crippen LogP contribution in [0.4, 0.5) is 0 Å². The molecule has 0 radical (unpaired) electrons. The van der Waals surface area contributed by atoms with E-state index < -0.39 is 0 Å². The molecule has 0 aromatic rings. The largest absolute Gasteiger partial charge is 0.466 e. The number of hydrogen-bond acceptors (Lipinski definition) is 1. The first-order chi connectivity index (χ1) is 12.4. The molecule has 0 bridgehead atoms. The predicted molar refractivity (Wildman–Crippen MR) is 109 cm³/mol. The summed E-state index contributed by atoms with van der Waals surface area (Å²) in [7, 11) is 0. The Morgan fingerprint density at radius 2 is 0.880 bits per heavy atom. The third-order valence-electron chi connectivity index (χ3n) is 5.19. The maximum atomic E-state index is 6.36. The zero-order valence-corrected chi connectivity index (χ0v) is 16.2. The van der Waals surface area contributed by atoms with Crippen LogP contribution in [0.5, 0.6) is 0 Å². The van der Waals surface area contributed by atoms with Gasteiger partial charge in [-0.25, -0.2) is 0 Å². The first-order valence-corrected chi connectivity index (χ1v) is 10.8. The van der Waals surface area contributed by atoms with Crippen LogP contribution in [-0.4, -0.2) is 0 Å². The van der Waals surface area contributed by atoms with E-state index in [2.05, 4.69) is 36.5 Å². The molecule has 140 valence electrons. The van der Waals surface area contributed by atoms with E-state index in [1.165, 1.54) is 89.9 Å². The summed E-state index contributed by atoms with van der Waals surface area (Å²) >= 11 is 0. The Hall–Kier alpha value is -1.24. The van der Waals surface area contributed by atoms with Gasteiger partial charge in [0.05, 0.1) is 0 Å². The first kappa shape index (κ1) is 20.1. The highest BCUT2D eigenvalue weighted by molar-refractivity contribution is 5.14. The normalized spacial score (nSPS) is 29.1. The van der Waals surface area contributed by atoms with E-state index in [0.717, 1.165) is 24.4 Å². The Bertz CT molecular complexity index is 411. The molecule has 0 atom stereocenters. The Balaban J connectivity index is 1.96. The van der Waals surface area contributed by atoms with Crippen molar-refractivity contribution in [3.05, 3.63) is 48.0 Å². The monoisotopic (exact) mass is 342 g/mol. The lowest BCUT2D eigenvalue weighted by atomic mass is 10.1. The van der Waals surface area contributed by atoms with Gasteiger partial charge in [0, 0.05) is 12.8 Å². The van der Waals surface area contributed by atoms with E-state index >= 15 is 0 Å². The summed E-state index contributed by atoms with van der Waals surface area (Å²) in [6.07, 6.45) is 34.2. The van der Waals surface area contributed by atoms with Crippen molar-refractivity contribution in [2.24, 2.45) is 0 Å². The number of allylic oxidation sites excluding steroid dienone is 8. The maximum absolute atomic E-state index is 6.36. The number of hydrogen-bond donors (Lipinski definition) is 0. The molecular weight excluding hydrogens is 304 g/mol. The van der Waals surface area contributed by atoms with Crippen molar-refractivity contribution >= 4 is 0 Å². The van der Waals surface area contributed by atoms with Gasteiger partial charge in [0.2, 0.25) is 0 Å². The molecule has 2 aliphatic rings. The van der Waals surface area contributed by atoms with E-state index in [9.17, 15) is 0 Å². The Labute approximate surface area is 155 Å². The van der Waals surface area contributed by atoms with Crippen molar-refractivity contribution < 1.29 is 4.74 Å². The third kappa shape index (κ3) is 10.4. The average molecular weight is 343 g/mol. The van der Waals surface area contributed by atoms with Crippen LogP contribution in [0.3, 0.4) is 0 Å². The fourth-order valence-corrected chi connectivity index (χ4v) is 3.59. The summed E-state index contributed by atoms with van der Waals surface area (Å²) in [6, 6.07) is 0. The van der Waals surface area contributed by atoms with E-state index in [-0.39, 0.29) is 0 Å². The van der Waals surface area contributed by atoms with Crippen LogP contribution >= 0.6 is 0 Å². The summed E-state index contributed by atoms with van der Waals surface area (Å²) in [5, 5.41) is 0. The molecule has 25 heavy (non-hydrogen) atoms. The van der Waals surface area contributed by atoms with Gasteiger partial charge in [-0.1, -0.05) is 75.7 Å². The smallest absolute Gasteiger partial charge is 0.104 e. The van der Waals surface area contributed by atoms with E-state index in [1.807, 2.05) is 0 Å². The van der Waals surface area contributed by atoms with E-state index in [0.29, 0.717) is 0 Å². The SMILES string of the molecule is C1=C/CCCCCCCC\C(O/C2=C/C=C/CCCCCCCC2)=C/1. The van der Waals surface area contributed by atoms with Crippen molar-refractivity contribution in [1.82, 2.24) is 0 Å². The molecule has 2 rings (SSSR count). The van der Waals surface area contributed by atoms with E-state index in [1.54, 1.807) is 0 Å². The van der Waals surface area contributed by atoms with Gasteiger partial charge in [0.25, 0.3) is 0 Å². The maximum Gasteiger partial charge on any atom is 0.104 e. The van der Waals surface area contributed by atoms with Crippen LogP contribution in [0.2, 0.25) is 0 Å². The lowest BCUT2D eigenvalue weighted by molar-refractivity contribution is 0.270. The highest BCUT2D eigenvalue weighted by Crippen LogP contribution is 2.21. The van der Waals surface area contributed by atoms with Crippen molar-refractivity contribution in [2.75, 3.05) is 0 Å². The predicted octanol–water partition coefficient (Wildman–Crippen LogP) is 8.15. The topological polar surface area (TPSA) is 9.23 Å². The lowest BCUT2D eigenvalue weighted by Gasteiger charge is -2.14. The minimum Gasteiger partial charge on any atom is -0.466 e. The minimum absolute atomic E-state index is 1.07. The Morgan fingerprint density at radius 1 is 0.480 bits per heavy atom. The summed E-state index contributed by atoms with van der Waals surface area (Å²) in [5.74, 6) is 2.31. The molecule has 0 amide bonds. The molecule has 0 aromatic carbocycles. The van der Waals surface area contributed by atoms with Crippen LogP contribution in [0.1, 0.15) is 103 Å². The molecule has 2 aliphatic carbocycles. The molecule has 0 saturated heterocycles. The van der Waals surface area contributed by atoms with Gasteiger partial charge >= 0.3 is 0 Å². The van der Waals surface area contributed by atoms with Gasteiger partial charge < -0.3 is 4.74 Å². The second-order valence-corrected chi connectivity index (χ2v) is 7.54. The average Bonchev–Trinajstić information content (AvgIpc) is 2.59. The highest BCUT2D eigenvalue weighted by Gasteiger charge is 2.05. The first-order valence-electron chi connectivity index (χ1n) is 10.8. The minimum atomic E-state index is 1.07. The zero-order valence-electron chi connectivity index (χ0n) is 16.2. The summed E-state index contributed by atoms with van der Waals surface area (Å²) in [4.78, 5) is 0. The molecule has 1 heteroatoms. The molecule has 0 unspecified atom stereocenters. The van der Waals surface area contributed by atoms with Crippen molar-refractivity contribution in [3.8, 4) is 0 Å². The van der Waals surface area contributed by atoms with Crippen LogP contribution in [0.15, 0.2) is 48.0 Å². The molecule has 0 spiro atoms. The highest BCUT2D eigenvalue weighted by atomic mass is 16.5. The molecule has 0 heterocycles. The van der Waals surface area contributed by atoms with Gasteiger partial charge in [0.1, 0.15) is 11.5 Å². The van der Waals surface area contributed by atoms with Crippen molar-refractivity contribution in [2.45, 2.75) is 103 Å². The summed E-state index contributed by atoms with van der Waals surface area (Å²) in [6.45, 7) is 0. The second-order valence-electron chi connectivity index (χ2n) is 7.54. The quantitative estimate of drug-likeness (QED) is 0.492. The fourth-order valence-electron chi connectivity index (χ4n) is 3.59. The fraction of sp³-hybridized carbons (Fsp3) is 0.667. The van der Waals surface area contributed by atoms with Crippen molar-refractivity contribution in [1.29, 1.82) is 0 Å². The number of rotatable bonds is 2. The van der Waals surface area contributed by atoms with Gasteiger partial charge in [-0.3, -0.25) is 0 Å². The van der Waals surface area contributed by atoms with E-state index in [4.69, 9.17) is 4.74 Å². The zero-order chi connectivity index (χ0) is 17.4. The summed E-state index contributed by atoms with van der Waals surface area (Å²) in [5.41, 5.74) is 0. The van der Waals surface area contributed by atoms with Crippen LogP contribution in [-0.2, 0) is 4.74 Å². The van der Waals surface area contributed by atoms with Gasteiger partial charge in [-0.15, -0.1) is 0 Å². The van der Waals surface area contributed by atoms with Gasteiger partial charge in [-0.05, 0) is 50.7 Å². The molecule has 0 fully saturated rings. The lowest BCUT2D eigenvalue weighted by Crippen LogP contribution is -1.96. The Kier molecular flexibility index (Phi) is 11.2. The molecular formula is C24H38O. The number of ether oxygens (including phenoxy) is 1. The standard InChI is InChI=1S/C24H38O/c1-3-7-11-15-19-23(20-16-12-8-4-1)25-24-21-17-13-9-5-2-6-10-14-18-22-24/h11,13,15,17,19,21H,1-10,12,14,16,18,20,22H2/b15-11+,17-13+,23-19+,24-21+. The molecule has 0 N–H and O–H groups in total. The molecule has 1 nitrogen and oxygen atoms in total. The van der Waals surface area contributed by atoms with Crippen molar-refractivity contribution in [3.63, 3.8) is 0 Å². The van der Waals surface area contributed by atoms with Gasteiger partial charge in [-0.2, -0.15) is 0 Å². The van der Waals surface area contributed by atoms with Crippen LogP contribution in [0.25, 0.3) is 0 Å². The van der Waals surface area contributed by atoms with Gasteiger partial charge in [0.15, 0.2) is 0 Å². The summed E-state index contributed by atoms with van der Waals surface area (Å²) < 4.78 is 6.36. The molecule has 0 aromatic heterocycles. The second kappa shape index (κ2) is 14.0. The van der Waals surface area contributed by atoms with Crippen LogP contribution in [0, 0.1) is 0 Å². The molecule has 0 saturated carbocycles. The molecule has 0 aliphatic heterocycles. The van der Waals surface area contributed by atoms with Crippen LogP contribution < -0.4 is 0 Å². The third-order valence-corrected chi connectivity index (χ3v) is 5.19. The Morgan fingerprint density at radius 3 is 1.36 bits per heavy atom.